The third kappa shape index (κ3) is 9.17. The zero-order valence-corrected chi connectivity index (χ0v) is 25.2. The van der Waals surface area contributed by atoms with Crippen LogP contribution >= 0.6 is 0 Å². The molecular weight excluding hydrogens is 612 g/mol. The molecule has 2 aromatic carbocycles. The first kappa shape index (κ1) is 34.2. The summed E-state index contributed by atoms with van der Waals surface area (Å²) in [7, 11) is 0. The molecule has 4 aromatic rings. The van der Waals surface area contributed by atoms with Gasteiger partial charge in [-0.2, -0.15) is 0 Å². The lowest BCUT2D eigenvalue weighted by molar-refractivity contribution is -0.143. The molecule has 3 amide bonds. The highest BCUT2D eigenvalue weighted by Gasteiger charge is 2.31. The first-order valence-corrected chi connectivity index (χ1v) is 14.9. The summed E-state index contributed by atoms with van der Waals surface area (Å²) in [4.78, 5) is 80.6. The minimum Gasteiger partial charge on any atom is -0.481 e. The predicted octanol–water partition coefficient (Wildman–Crippen LogP) is 1.03. The van der Waals surface area contributed by atoms with Gasteiger partial charge >= 0.3 is 17.9 Å². The van der Waals surface area contributed by atoms with E-state index >= 15 is 0 Å². The van der Waals surface area contributed by atoms with Gasteiger partial charge in [0.25, 0.3) is 0 Å². The molecule has 0 saturated heterocycles. The molecule has 0 spiro atoms. The molecule has 0 fully saturated rings. The van der Waals surface area contributed by atoms with E-state index in [1.165, 1.54) is 0 Å². The van der Waals surface area contributed by atoms with E-state index in [0.29, 0.717) is 5.56 Å². The van der Waals surface area contributed by atoms with Gasteiger partial charge in [0.05, 0.1) is 6.04 Å². The van der Waals surface area contributed by atoms with E-state index in [-0.39, 0.29) is 19.3 Å². The maximum atomic E-state index is 13.4. The molecule has 4 unspecified atom stereocenters. The highest BCUT2D eigenvalue weighted by Crippen LogP contribution is 2.20. The summed E-state index contributed by atoms with van der Waals surface area (Å²) in [5, 5.41) is 37.2. The molecule has 248 valence electrons. The van der Waals surface area contributed by atoms with Gasteiger partial charge in [-0.05, 0) is 42.5 Å². The van der Waals surface area contributed by atoms with Gasteiger partial charge in [-0.25, -0.2) is 4.79 Å². The van der Waals surface area contributed by atoms with Crippen molar-refractivity contribution >= 4 is 57.4 Å². The molecule has 10 N–H and O–H groups in total. The Kier molecular flexibility index (Phi) is 11.3. The lowest BCUT2D eigenvalue weighted by Crippen LogP contribution is -2.57. The summed E-state index contributed by atoms with van der Waals surface area (Å²) < 4.78 is 0. The van der Waals surface area contributed by atoms with Gasteiger partial charge in [-0.15, -0.1) is 0 Å². The Hall–Kier alpha value is -5.70. The molecule has 15 nitrogen and oxygen atoms in total. The number of nitrogens with one attached hydrogen (secondary N) is 5. The summed E-state index contributed by atoms with van der Waals surface area (Å²) in [6.07, 6.45) is 1.46. The van der Waals surface area contributed by atoms with Crippen LogP contribution in [0.25, 0.3) is 21.8 Å². The van der Waals surface area contributed by atoms with E-state index in [2.05, 4.69) is 25.9 Å². The molecule has 0 radical (unpaired) electrons. The van der Waals surface area contributed by atoms with Crippen molar-refractivity contribution in [2.45, 2.75) is 62.7 Å². The first-order chi connectivity index (χ1) is 22.4. The number of hydrogen-bond acceptors (Lipinski definition) is 7. The number of carbonyl (C=O) groups is 6. The van der Waals surface area contributed by atoms with Crippen LogP contribution in [0.4, 0.5) is 0 Å². The fourth-order valence-electron chi connectivity index (χ4n) is 5.25. The average Bonchev–Trinajstić information content (AvgIpc) is 3.64. The third-order valence-corrected chi connectivity index (χ3v) is 7.72. The zero-order chi connectivity index (χ0) is 34.1. The van der Waals surface area contributed by atoms with Crippen molar-refractivity contribution in [3.8, 4) is 0 Å². The summed E-state index contributed by atoms with van der Waals surface area (Å²) in [5.74, 6) is -6.56. The molecule has 2 aromatic heterocycles. The maximum absolute atomic E-state index is 13.4. The van der Waals surface area contributed by atoms with Crippen molar-refractivity contribution in [1.29, 1.82) is 0 Å². The van der Waals surface area contributed by atoms with Crippen molar-refractivity contribution in [3.05, 3.63) is 72.1 Å². The molecule has 4 atom stereocenters. The fourth-order valence-corrected chi connectivity index (χ4v) is 5.25. The normalized spacial score (nSPS) is 13.7. The SMILES string of the molecule is NC(Cc1c[nH]c2ccccc12)C(=O)NC(CCC(=O)O)C(=O)NC(CCC(=O)O)C(=O)NC(Cc1c[nH]c2ccccc12)C(=O)O. The van der Waals surface area contributed by atoms with Crippen LogP contribution in [0.5, 0.6) is 0 Å². The minimum atomic E-state index is -1.52. The number of hydrogen-bond donors (Lipinski definition) is 9. The van der Waals surface area contributed by atoms with Crippen molar-refractivity contribution in [2.24, 2.45) is 5.73 Å². The van der Waals surface area contributed by atoms with Crippen molar-refractivity contribution < 1.29 is 44.1 Å². The van der Waals surface area contributed by atoms with Crippen molar-refractivity contribution in [2.75, 3.05) is 0 Å². The molecule has 2 heterocycles. The number of amides is 3. The second-order valence-corrected chi connectivity index (χ2v) is 11.1. The maximum Gasteiger partial charge on any atom is 0.326 e. The van der Waals surface area contributed by atoms with Gasteiger partial charge in [0.1, 0.15) is 18.1 Å². The third-order valence-electron chi connectivity index (χ3n) is 7.72. The predicted molar refractivity (Wildman–Crippen MR) is 169 cm³/mol. The number of aliphatic carboxylic acids is 3. The number of rotatable bonds is 17. The Morgan fingerprint density at radius 1 is 0.617 bits per heavy atom. The summed E-state index contributed by atoms with van der Waals surface area (Å²) >= 11 is 0. The smallest absolute Gasteiger partial charge is 0.326 e. The number of carboxylic acid groups (broad SMARTS) is 3. The molecule has 15 heteroatoms. The van der Waals surface area contributed by atoms with Gasteiger partial charge < -0.3 is 47.0 Å². The van der Waals surface area contributed by atoms with E-state index in [9.17, 15) is 44.1 Å². The van der Waals surface area contributed by atoms with Crippen LogP contribution in [0.2, 0.25) is 0 Å². The lowest BCUT2D eigenvalue weighted by atomic mass is 10.0. The second kappa shape index (κ2) is 15.5. The molecule has 0 aliphatic heterocycles. The Morgan fingerprint density at radius 2 is 1.04 bits per heavy atom. The van der Waals surface area contributed by atoms with Crippen molar-refractivity contribution in [3.63, 3.8) is 0 Å². The van der Waals surface area contributed by atoms with Crippen LogP contribution in [0, 0.1) is 0 Å². The van der Waals surface area contributed by atoms with E-state index in [0.717, 1.165) is 27.4 Å². The van der Waals surface area contributed by atoms with Gasteiger partial charge in [0, 0.05) is 53.5 Å². The van der Waals surface area contributed by atoms with Gasteiger partial charge in [0.2, 0.25) is 17.7 Å². The first-order valence-electron chi connectivity index (χ1n) is 14.9. The number of carbonyl (C=O) groups excluding carboxylic acids is 3. The summed E-state index contributed by atoms with van der Waals surface area (Å²) in [5.41, 5.74) is 9.11. The Balaban J connectivity index is 1.47. The Labute approximate surface area is 267 Å². The number of aromatic amines is 2. The van der Waals surface area contributed by atoms with Crippen LogP contribution in [0.3, 0.4) is 0 Å². The van der Waals surface area contributed by atoms with E-state index in [1.54, 1.807) is 36.7 Å². The standard InChI is InChI=1S/C32H36N6O9/c33-21(13-17-15-34-22-7-3-1-5-19(17)22)29(43)36-24(9-11-27(39)40)30(44)37-25(10-12-28(41)42)31(45)38-26(32(46)47)14-18-16-35-23-8-4-2-6-20(18)23/h1-8,15-16,21,24-26,34-35H,9-14,33H2,(H,36,43)(H,37,44)(H,38,45)(H,39,40)(H,41,42)(H,46,47). The van der Waals surface area contributed by atoms with Crippen LogP contribution < -0.4 is 21.7 Å². The molecular formula is C32H36N6O9. The quantitative estimate of drug-likeness (QED) is 0.0785. The Bertz CT molecular complexity index is 1780. The zero-order valence-electron chi connectivity index (χ0n) is 25.2. The van der Waals surface area contributed by atoms with E-state index in [4.69, 9.17) is 5.73 Å². The number of H-pyrrole nitrogens is 2. The molecule has 47 heavy (non-hydrogen) atoms. The minimum absolute atomic E-state index is 0.0970. The van der Waals surface area contributed by atoms with Crippen LogP contribution in [-0.2, 0) is 41.6 Å². The number of carboxylic acids is 3. The largest absolute Gasteiger partial charge is 0.481 e. The molecule has 4 rings (SSSR count). The number of nitrogens with two attached hydrogens (primary N) is 1. The lowest BCUT2D eigenvalue weighted by Gasteiger charge is -2.25. The number of fused-ring (bicyclic) bond motifs is 2. The fraction of sp³-hybridized carbons (Fsp3) is 0.312. The van der Waals surface area contributed by atoms with Crippen LogP contribution in [0.1, 0.15) is 36.8 Å². The molecule has 0 aliphatic carbocycles. The van der Waals surface area contributed by atoms with Crippen LogP contribution in [0.15, 0.2) is 60.9 Å². The highest BCUT2D eigenvalue weighted by molar-refractivity contribution is 5.95. The molecule has 0 saturated carbocycles. The van der Waals surface area contributed by atoms with Crippen molar-refractivity contribution in [1.82, 2.24) is 25.9 Å². The van der Waals surface area contributed by atoms with E-state index in [1.807, 2.05) is 24.3 Å². The summed E-state index contributed by atoms with van der Waals surface area (Å²) in [6.45, 7) is 0. The summed E-state index contributed by atoms with van der Waals surface area (Å²) in [6, 6.07) is 9.03. The number of para-hydroxylation sites is 2. The number of aromatic nitrogens is 2. The van der Waals surface area contributed by atoms with E-state index < -0.39 is 79.1 Å². The van der Waals surface area contributed by atoms with Crippen LogP contribution in [-0.4, -0.2) is 85.1 Å². The molecule has 0 aliphatic rings. The topological polar surface area (TPSA) is 257 Å². The molecule has 0 bridgehead atoms. The highest BCUT2D eigenvalue weighted by atomic mass is 16.4. The van der Waals surface area contributed by atoms with Gasteiger partial charge in [-0.3, -0.25) is 24.0 Å². The second-order valence-electron chi connectivity index (χ2n) is 11.1. The monoisotopic (exact) mass is 648 g/mol. The average molecular weight is 649 g/mol. The Morgan fingerprint density at radius 3 is 1.51 bits per heavy atom. The number of benzene rings is 2. The van der Waals surface area contributed by atoms with Gasteiger partial charge in [-0.1, -0.05) is 36.4 Å². The van der Waals surface area contributed by atoms with Gasteiger partial charge in [0.15, 0.2) is 0 Å².